The molecular weight excluding hydrogens is 280 g/mol. The predicted octanol–water partition coefficient (Wildman–Crippen LogP) is 2.05. The third kappa shape index (κ3) is 4.60. The topological polar surface area (TPSA) is 59.4 Å². The number of carbonyl (C=O) groups is 1. The van der Waals surface area contributed by atoms with Gasteiger partial charge in [0.2, 0.25) is 0 Å². The summed E-state index contributed by atoms with van der Waals surface area (Å²) in [5.74, 6) is 0. The Morgan fingerprint density at radius 2 is 2.14 bits per heavy atom. The standard InChI is InChI=1S/C16H22N4O2/c1-19(16(21)17-9-6-10-22-2)12-14-11-18-20(13-14)15-7-4-3-5-8-15/h3-5,7-8,11,13H,6,9-10,12H2,1-2H3,(H,17,21). The SMILES string of the molecule is COCCCNC(=O)N(C)Cc1cnn(-c2ccccc2)c1. The van der Waals surface area contributed by atoms with Crippen molar-refractivity contribution in [3.05, 3.63) is 48.3 Å². The first-order chi connectivity index (χ1) is 10.7. The number of hydrogen-bond acceptors (Lipinski definition) is 3. The second-order valence-electron chi connectivity index (χ2n) is 5.06. The number of nitrogens with zero attached hydrogens (tertiary/aromatic N) is 3. The van der Waals surface area contributed by atoms with Crippen molar-refractivity contribution < 1.29 is 9.53 Å². The summed E-state index contributed by atoms with van der Waals surface area (Å²) in [6.07, 6.45) is 4.52. The highest BCUT2D eigenvalue weighted by molar-refractivity contribution is 5.73. The van der Waals surface area contributed by atoms with Crippen molar-refractivity contribution in [1.82, 2.24) is 20.0 Å². The lowest BCUT2D eigenvalue weighted by Gasteiger charge is -2.17. The predicted molar refractivity (Wildman–Crippen MR) is 84.9 cm³/mol. The van der Waals surface area contributed by atoms with Crippen molar-refractivity contribution in [2.45, 2.75) is 13.0 Å². The van der Waals surface area contributed by atoms with E-state index in [2.05, 4.69) is 10.4 Å². The van der Waals surface area contributed by atoms with Crippen LogP contribution in [0.25, 0.3) is 5.69 Å². The molecule has 1 aromatic carbocycles. The number of para-hydroxylation sites is 1. The summed E-state index contributed by atoms with van der Waals surface area (Å²) in [5.41, 5.74) is 1.99. The molecule has 1 aromatic heterocycles. The number of urea groups is 1. The Kier molecular flexibility index (Phi) is 5.97. The first kappa shape index (κ1) is 16.0. The molecule has 1 heterocycles. The molecule has 118 valence electrons. The van der Waals surface area contributed by atoms with Gasteiger partial charge in [-0.15, -0.1) is 0 Å². The normalized spacial score (nSPS) is 10.5. The third-order valence-electron chi connectivity index (χ3n) is 3.22. The molecule has 1 N–H and O–H groups in total. The van der Waals surface area contributed by atoms with Gasteiger partial charge in [0, 0.05) is 39.1 Å². The van der Waals surface area contributed by atoms with E-state index >= 15 is 0 Å². The highest BCUT2D eigenvalue weighted by Crippen LogP contribution is 2.09. The molecule has 0 atom stereocenters. The third-order valence-corrected chi connectivity index (χ3v) is 3.22. The number of rotatable bonds is 7. The number of aromatic nitrogens is 2. The van der Waals surface area contributed by atoms with E-state index in [1.807, 2.05) is 36.5 Å². The van der Waals surface area contributed by atoms with Gasteiger partial charge in [0.25, 0.3) is 0 Å². The molecule has 0 aliphatic rings. The number of carbonyl (C=O) groups excluding carboxylic acids is 1. The molecule has 0 saturated heterocycles. The van der Waals surface area contributed by atoms with Crippen LogP contribution in [0.1, 0.15) is 12.0 Å². The number of hydrogen-bond donors (Lipinski definition) is 1. The molecule has 0 aliphatic heterocycles. The summed E-state index contributed by atoms with van der Waals surface area (Å²) >= 11 is 0. The molecule has 0 radical (unpaired) electrons. The van der Waals surface area contributed by atoms with Crippen LogP contribution in [0.4, 0.5) is 4.79 Å². The number of ether oxygens (including phenoxy) is 1. The van der Waals surface area contributed by atoms with Crippen LogP contribution in [-0.2, 0) is 11.3 Å². The first-order valence-corrected chi connectivity index (χ1v) is 7.27. The van der Waals surface area contributed by atoms with Gasteiger partial charge in [-0.05, 0) is 18.6 Å². The second-order valence-corrected chi connectivity index (χ2v) is 5.06. The zero-order valence-electron chi connectivity index (χ0n) is 13.0. The fraction of sp³-hybridized carbons (Fsp3) is 0.375. The van der Waals surface area contributed by atoms with Gasteiger partial charge in [0.15, 0.2) is 0 Å². The minimum absolute atomic E-state index is 0.0939. The monoisotopic (exact) mass is 302 g/mol. The van der Waals surface area contributed by atoms with Crippen LogP contribution >= 0.6 is 0 Å². The van der Waals surface area contributed by atoms with E-state index in [1.54, 1.807) is 29.9 Å². The molecule has 6 heteroatoms. The Bertz CT molecular complexity index is 583. The molecule has 2 aromatic rings. The minimum Gasteiger partial charge on any atom is -0.385 e. The van der Waals surface area contributed by atoms with Crippen LogP contribution < -0.4 is 5.32 Å². The molecule has 6 nitrogen and oxygen atoms in total. The van der Waals surface area contributed by atoms with Crippen molar-refractivity contribution in [3.63, 3.8) is 0 Å². The summed E-state index contributed by atoms with van der Waals surface area (Å²) < 4.78 is 6.75. The molecule has 0 saturated carbocycles. The molecular formula is C16H22N4O2. The molecule has 0 spiro atoms. The van der Waals surface area contributed by atoms with Gasteiger partial charge in [0.05, 0.1) is 18.4 Å². The van der Waals surface area contributed by atoms with Crippen molar-refractivity contribution in [3.8, 4) is 5.69 Å². The van der Waals surface area contributed by atoms with Crippen LogP contribution in [0, 0.1) is 0 Å². The van der Waals surface area contributed by atoms with Crippen LogP contribution in [0.5, 0.6) is 0 Å². The Morgan fingerprint density at radius 1 is 1.36 bits per heavy atom. The maximum absolute atomic E-state index is 11.9. The zero-order chi connectivity index (χ0) is 15.8. The Morgan fingerprint density at radius 3 is 2.86 bits per heavy atom. The van der Waals surface area contributed by atoms with Gasteiger partial charge in [-0.2, -0.15) is 5.10 Å². The van der Waals surface area contributed by atoms with Gasteiger partial charge in [-0.25, -0.2) is 9.48 Å². The van der Waals surface area contributed by atoms with E-state index in [0.29, 0.717) is 19.7 Å². The van der Waals surface area contributed by atoms with Crippen LogP contribution in [0.3, 0.4) is 0 Å². The highest BCUT2D eigenvalue weighted by Gasteiger charge is 2.10. The zero-order valence-corrected chi connectivity index (χ0v) is 13.0. The maximum atomic E-state index is 11.9. The largest absolute Gasteiger partial charge is 0.385 e. The van der Waals surface area contributed by atoms with Crippen LogP contribution in [-0.4, -0.2) is 48.0 Å². The van der Waals surface area contributed by atoms with Crippen molar-refractivity contribution in [2.24, 2.45) is 0 Å². The Hall–Kier alpha value is -2.34. The van der Waals surface area contributed by atoms with Gasteiger partial charge < -0.3 is 15.0 Å². The van der Waals surface area contributed by atoms with E-state index in [9.17, 15) is 4.79 Å². The molecule has 0 fully saturated rings. The molecule has 0 unspecified atom stereocenters. The quantitative estimate of drug-likeness (QED) is 0.796. The second kappa shape index (κ2) is 8.19. The lowest BCUT2D eigenvalue weighted by molar-refractivity contribution is 0.188. The summed E-state index contributed by atoms with van der Waals surface area (Å²) in [6, 6.07) is 9.79. The van der Waals surface area contributed by atoms with Crippen molar-refractivity contribution in [2.75, 3.05) is 27.3 Å². The van der Waals surface area contributed by atoms with E-state index in [4.69, 9.17) is 4.74 Å². The van der Waals surface area contributed by atoms with E-state index in [-0.39, 0.29) is 6.03 Å². The molecule has 22 heavy (non-hydrogen) atoms. The van der Waals surface area contributed by atoms with Crippen molar-refractivity contribution in [1.29, 1.82) is 0 Å². The fourth-order valence-electron chi connectivity index (χ4n) is 2.06. The van der Waals surface area contributed by atoms with Gasteiger partial charge in [0.1, 0.15) is 0 Å². The lowest BCUT2D eigenvalue weighted by Crippen LogP contribution is -2.37. The Balaban J connectivity index is 1.85. The van der Waals surface area contributed by atoms with E-state index in [0.717, 1.165) is 17.7 Å². The fourth-order valence-corrected chi connectivity index (χ4v) is 2.06. The van der Waals surface area contributed by atoms with E-state index < -0.39 is 0 Å². The molecule has 2 amide bonds. The molecule has 2 rings (SSSR count). The van der Waals surface area contributed by atoms with E-state index in [1.165, 1.54) is 0 Å². The summed E-state index contributed by atoms with van der Waals surface area (Å²) in [7, 11) is 3.42. The average Bonchev–Trinajstić information content (AvgIpc) is 3.00. The Labute approximate surface area is 130 Å². The number of benzene rings is 1. The van der Waals surface area contributed by atoms with Gasteiger partial charge in [-0.3, -0.25) is 0 Å². The number of amides is 2. The summed E-state index contributed by atoms with van der Waals surface area (Å²) in [6.45, 7) is 1.77. The highest BCUT2D eigenvalue weighted by atomic mass is 16.5. The lowest BCUT2D eigenvalue weighted by atomic mass is 10.3. The molecule has 0 bridgehead atoms. The smallest absolute Gasteiger partial charge is 0.317 e. The minimum atomic E-state index is -0.0939. The van der Waals surface area contributed by atoms with Crippen molar-refractivity contribution >= 4 is 6.03 Å². The average molecular weight is 302 g/mol. The van der Waals surface area contributed by atoms with Gasteiger partial charge >= 0.3 is 6.03 Å². The van der Waals surface area contributed by atoms with Crippen LogP contribution in [0.2, 0.25) is 0 Å². The number of nitrogens with one attached hydrogen (secondary N) is 1. The summed E-state index contributed by atoms with van der Waals surface area (Å²) in [4.78, 5) is 13.6. The van der Waals surface area contributed by atoms with Crippen LogP contribution in [0.15, 0.2) is 42.7 Å². The molecule has 0 aliphatic carbocycles. The maximum Gasteiger partial charge on any atom is 0.317 e. The number of methoxy groups -OCH3 is 1. The first-order valence-electron chi connectivity index (χ1n) is 7.27. The summed E-state index contributed by atoms with van der Waals surface area (Å²) in [5, 5.41) is 7.18. The van der Waals surface area contributed by atoms with Gasteiger partial charge in [-0.1, -0.05) is 18.2 Å².